The Morgan fingerprint density at radius 3 is 2.29 bits per heavy atom. The molecule has 0 bridgehead atoms. The Kier molecular flexibility index (Phi) is 5.41. The molecule has 1 aromatic heterocycles. The fourth-order valence-electron chi connectivity index (χ4n) is 1.89. The standard InChI is InChI=1S/C12H12BrNO.Br2/c1-6-4-7(2)11-9(5-6)8(3)10(13)12(15)14-11;1-2/h4-5H,1-3H3,(H,14,15);. The Hall–Kier alpha value is -0.130. The molecule has 0 fully saturated rings. The van der Waals surface area contributed by atoms with Crippen molar-refractivity contribution in [3.8, 4) is 0 Å². The van der Waals surface area contributed by atoms with Gasteiger partial charge in [-0.05, 0) is 53.9 Å². The average Bonchev–Trinajstić information content (AvgIpc) is 2.31. The van der Waals surface area contributed by atoms with E-state index in [-0.39, 0.29) is 5.56 Å². The predicted molar refractivity (Wildman–Crippen MR) is 84.3 cm³/mol. The number of aromatic nitrogens is 1. The summed E-state index contributed by atoms with van der Waals surface area (Å²) in [5, 5.41) is 1.11. The molecule has 2 rings (SSSR count). The summed E-state index contributed by atoms with van der Waals surface area (Å²) in [5.74, 6) is 0. The van der Waals surface area contributed by atoms with Gasteiger partial charge in [-0.1, -0.05) is 11.6 Å². The number of nitrogens with one attached hydrogen (secondary N) is 1. The van der Waals surface area contributed by atoms with Gasteiger partial charge in [-0.15, -0.1) is 0 Å². The number of H-pyrrole nitrogens is 1. The van der Waals surface area contributed by atoms with E-state index in [0.29, 0.717) is 4.47 Å². The van der Waals surface area contributed by atoms with Crippen LogP contribution in [0.4, 0.5) is 0 Å². The molecule has 0 saturated carbocycles. The van der Waals surface area contributed by atoms with E-state index in [1.54, 1.807) is 0 Å². The number of hydrogen-bond donors (Lipinski definition) is 1. The van der Waals surface area contributed by atoms with Gasteiger partial charge in [-0.25, -0.2) is 0 Å². The van der Waals surface area contributed by atoms with Crippen LogP contribution < -0.4 is 5.56 Å². The maximum atomic E-state index is 11.6. The monoisotopic (exact) mass is 423 g/mol. The zero-order valence-corrected chi connectivity index (χ0v) is 14.5. The second kappa shape index (κ2) is 6.16. The van der Waals surface area contributed by atoms with Crippen molar-refractivity contribution >= 4 is 55.1 Å². The van der Waals surface area contributed by atoms with Crippen LogP contribution in [-0.4, -0.2) is 4.98 Å². The van der Waals surface area contributed by atoms with Gasteiger partial charge >= 0.3 is 0 Å². The third kappa shape index (κ3) is 3.01. The van der Waals surface area contributed by atoms with Gasteiger partial charge in [0.1, 0.15) is 0 Å². The van der Waals surface area contributed by atoms with Gasteiger partial charge in [0.2, 0.25) is 0 Å². The minimum absolute atomic E-state index is 0.0630. The van der Waals surface area contributed by atoms with E-state index >= 15 is 0 Å². The zero-order chi connectivity index (χ0) is 13.2. The maximum absolute atomic E-state index is 11.6. The van der Waals surface area contributed by atoms with Crippen LogP contribution in [0.25, 0.3) is 10.9 Å². The molecule has 0 amide bonds. The van der Waals surface area contributed by atoms with E-state index in [4.69, 9.17) is 0 Å². The highest BCUT2D eigenvalue weighted by molar-refractivity contribution is 9.93. The SMILES string of the molecule is BrBr.Cc1cc(C)c2[nH]c(=O)c(Br)c(C)c2c1. The molecule has 2 nitrogen and oxygen atoms in total. The Balaban J connectivity index is 0.000000686. The minimum atomic E-state index is -0.0630. The largest absolute Gasteiger partial charge is 0.321 e. The van der Waals surface area contributed by atoms with Crippen molar-refractivity contribution in [2.24, 2.45) is 0 Å². The topological polar surface area (TPSA) is 32.9 Å². The molecular weight excluding hydrogens is 414 g/mol. The molecular formula is C12H12Br3NO. The van der Waals surface area contributed by atoms with Crippen LogP contribution in [0.15, 0.2) is 21.4 Å². The number of pyridine rings is 1. The summed E-state index contributed by atoms with van der Waals surface area (Å²) < 4.78 is 0.625. The number of hydrogen-bond acceptors (Lipinski definition) is 1. The van der Waals surface area contributed by atoms with E-state index < -0.39 is 0 Å². The Bertz CT molecular complexity index is 605. The van der Waals surface area contributed by atoms with Crippen molar-refractivity contribution in [3.63, 3.8) is 0 Å². The van der Waals surface area contributed by atoms with Crippen LogP contribution in [0.1, 0.15) is 16.7 Å². The smallest absolute Gasteiger partial charge is 0.263 e. The molecule has 1 N–H and O–H groups in total. The van der Waals surface area contributed by atoms with E-state index in [9.17, 15) is 4.79 Å². The Labute approximate surface area is 124 Å². The number of fused-ring (bicyclic) bond motifs is 1. The summed E-state index contributed by atoms with van der Waals surface area (Å²) in [5.41, 5.74) is 4.19. The van der Waals surface area contributed by atoms with Crippen molar-refractivity contribution in [1.29, 1.82) is 0 Å². The van der Waals surface area contributed by atoms with E-state index in [1.807, 2.05) is 13.8 Å². The molecule has 1 heterocycles. The number of aryl methyl sites for hydroxylation is 3. The first-order chi connectivity index (χ1) is 8.00. The molecule has 2 aromatic rings. The molecule has 5 heteroatoms. The zero-order valence-electron chi connectivity index (χ0n) is 9.70. The normalized spacial score (nSPS) is 10.0. The van der Waals surface area contributed by atoms with Crippen LogP contribution in [0.5, 0.6) is 0 Å². The van der Waals surface area contributed by atoms with Gasteiger partial charge in [0.05, 0.1) is 9.99 Å². The lowest BCUT2D eigenvalue weighted by Crippen LogP contribution is -2.09. The molecule has 0 aliphatic heterocycles. The second-order valence-electron chi connectivity index (χ2n) is 3.90. The first kappa shape index (κ1) is 14.9. The lowest BCUT2D eigenvalue weighted by Gasteiger charge is -2.08. The Morgan fingerprint density at radius 2 is 1.71 bits per heavy atom. The molecule has 17 heavy (non-hydrogen) atoms. The van der Waals surface area contributed by atoms with Gasteiger partial charge in [-0.3, -0.25) is 4.79 Å². The summed E-state index contributed by atoms with van der Waals surface area (Å²) in [4.78, 5) is 14.5. The number of benzene rings is 1. The molecule has 0 aliphatic rings. The fraction of sp³-hybridized carbons (Fsp3) is 0.250. The highest BCUT2D eigenvalue weighted by Gasteiger charge is 2.08. The first-order valence-electron chi connectivity index (χ1n) is 4.94. The minimum Gasteiger partial charge on any atom is -0.321 e. The van der Waals surface area contributed by atoms with Crippen molar-refractivity contribution in [1.82, 2.24) is 4.98 Å². The van der Waals surface area contributed by atoms with Crippen LogP contribution in [0, 0.1) is 20.8 Å². The summed E-state index contributed by atoms with van der Waals surface area (Å²) >= 11 is 8.81. The number of rotatable bonds is 0. The predicted octanol–water partition coefficient (Wildman–Crippen LogP) is 4.91. The van der Waals surface area contributed by atoms with Crippen molar-refractivity contribution in [3.05, 3.63) is 43.6 Å². The van der Waals surface area contributed by atoms with Gasteiger partial charge in [0, 0.05) is 33.6 Å². The molecule has 92 valence electrons. The lowest BCUT2D eigenvalue weighted by atomic mass is 10.0. The summed E-state index contributed by atoms with van der Waals surface area (Å²) in [7, 11) is 0. The molecule has 1 aromatic carbocycles. The lowest BCUT2D eigenvalue weighted by molar-refractivity contribution is 1.22. The van der Waals surface area contributed by atoms with E-state index in [0.717, 1.165) is 22.0 Å². The van der Waals surface area contributed by atoms with Crippen LogP contribution in [0.3, 0.4) is 0 Å². The second-order valence-corrected chi connectivity index (χ2v) is 4.69. The molecule has 0 unspecified atom stereocenters. The molecule has 0 saturated heterocycles. The average molecular weight is 426 g/mol. The quantitative estimate of drug-likeness (QED) is 0.639. The summed E-state index contributed by atoms with van der Waals surface area (Å²) in [6, 6.07) is 4.17. The summed E-state index contributed by atoms with van der Waals surface area (Å²) in [6.07, 6.45) is 0. The number of aromatic amines is 1. The van der Waals surface area contributed by atoms with Crippen molar-refractivity contribution in [2.45, 2.75) is 20.8 Å². The third-order valence-electron chi connectivity index (χ3n) is 2.65. The molecule has 0 spiro atoms. The number of halogens is 3. The van der Waals surface area contributed by atoms with Crippen LogP contribution in [0.2, 0.25) is 0 Å². The van der Waals surface area contributed by atoms with Crippen LogP contribution >= 0.6 is 44.2 Å². The van der Waals surface area contributed by atoms with Crippen molar-refractivity contribution < 1.29 is 0 Å². The third-order valence-corrected chi connectivity index (χ3v) is 3.61. The Morgan fingerprint density at radius 1 is 1.12 bits per heavy atom. The highest BCUT2D eigenvalue weighted by Crippen LogP contribution is 2.24. The van der Waals surface area contributed by atoms with Gasteiger partial charge in [0.15, 0.2) is 0 Å². The van der Waals surface area contributed by atoms with E-state index in [2.05, 4.69) is 68.2 Å². The van der Waals surface area contributed by atoms with Gasteiger partial charge in [-0.2, -0.15) is 0 Å². The molecule has 0 atom stereocenters. The molecule has 0 radical (unpaired) electrons. The maximum Gasteiger partial charge on any atom is 0.263 e. The van der Waals surface area contributed by atoms with Crippen LogP contribution in [-0.2, 0) is 0 Å². The fourth-order valence-corrected chi connectivity index (χ4v) is 2.20. The highest BCUT2D eigenvalue weighted by atomic mass is 80.9. The van der Waals surface area contributed by atoms with Crippen molar-refractivity contribution in [2.75, 3.05) is 0 Å². The van der Waals surface area contributed by atoms with Gasteiger partial charge < -0.3 is 4.98 Å². The summed E-state index contributed by atoms with van der Waals surface area (Å²) in [6.45, 7) is 6.03. The molecule has 0 aliphatic carbocycles. The van der Waals surface area contributed by atoms with Gasteiger partial charge in [0.25, 0.3) is 5.56 Å². The van der Waals surface area contributed by atoms with E-state index in [1.165, 1.54) is 5.56 Å². The first-order valence-corrected chi connectivity index (χ1v) is 9.45.